The minimum absolute atomic E-state index is 0. The molecule has 30 heavy (non-hydrogen) atoms. The number of nitrogens with two attached hydrogens (primary N) is 1. The Bertz CT molecular complexity index is 666. The summed E-state index contributed by atoms with van der Waals surface area (Å²) < 4.78 is 5.79. The van der Waals surface area contributed by atoms with E-state index in [-0.39, 0.29) is 48.8 Å². The molecular formula is C22H36Cl2N4O2. The number of anilines is 1. The highest BCUT2D eigenvalue weighted by atomic mass is 35.5. The molecule has 3 fully saturated rings. The molecule has 3 N–H and O–H groups in total. The van der Waals surface area contributed by atoms with E-state index in [1.54, 1.807) is 0 Å². The summed E-state index contributed by atoms with van der Waals surface area (Å²) in [6, 6.07) is 4.43. The molecule has 6 nitrogen and oxygen atoms in total. The third-order valence-electron chi connectivity index (χ3n) is 6.80. The van der Waals surface area contributed by atoms with Crippen LogP contribution in [0.4, 0.5) is 5.82 Å². The third-order valence-corrected chi connectivity index (χ3v) is 6.80. The quantitative estimate of drug-likeness (QED) is 0.722. The number of fused-ring (bicyclic) bond motifs is 2. The molecule has 0 spiro atoms. The van der Waals surface area contributed by atoms with Crippen molar-refractivity contribution in [1.82, 2.24) is 10.3 Å². The molecule has 1 aromatic heterocycles. The Morgan fingerprint density at radius 2 is 1.80 bits per heavy atom. The summed E-state index contributed by atoms with van der Waals surface area (Å²) in [7, 11) is 0. The van der Waals surface area contributed by atoms with Crippen LogP contribution in [0.5, 0.6) is 0 Å². The lowest BCUT2D eigenvalue weighted by Gasteiger charge is -2.43. The van der Waals surface area contributed by atoms with Crippen molar-refractivity contribution in [1.29, 1.82) is 0 Å². The molecule has 2 saturated carbocycles. The highest BCUT2D eigenvalue weighted by Gasteiger charge is 2.40. The number of hydrogen-bond acceptors (Lipinski definition) is 5. The maximum absolute atomic E-state index is 12.7. The highest BCUT2D eigenvalue weighted by Crippen LogP contribution is 2.41. The number of halogens is 2. The van der Waals surface area contributed by atoms with Gasteiger partial charge in [-0.1, -0.05) is 12.5 Å². The maximum atomic E-state index is 12.7. The van der Waals surface area contributed by atoms with Gasteiger partial charge in [-0.15, -0.1) is 24.8 Å². The normalized spacial score (nSPS) is 33.1. The van der Waals surface area contributed by atoms with Gasteiger partial charge in [0.05, 0.1) is 12.2 Å². The SMILES string of the molecule is CC1CN(c2ccc(CNC(=O)C3CC4CCCC(C3)C4N)cn2)CC(C)O1.Cl.Cl. The van der Waals surface area contributed by atoms with Gasteiger partial charge in [0.1, 0.15) is 5.82 Å². The van der Waals surface area contributed by atoms with Crippen LogP contribution in [0.3, 0.4) is 0 Å². The fourth-order valence-electron chi connectivity index (χ4n) is 5.41. The summed E-state index contributed by atoms with van der Waals surface area (Å²) in [6.45, 7) is 6.46. The number of nitrogens with one attached hydrogen (secondary N) is 1. The van der Waals surface area contributed by atoms with E-state index < -0.39 is 0 Å². The zero-order valence-corrected chi connectivity index (χ0v) is 19.6. The Morgan fingerprint density at radius 3 is 2.37 bits per heavy atom. The second-order valence-corrected chi connectivity index (χ2v) is 9.10. The van der Waals surface area contributed by atoms with Gasteiger partial charge in [0.2, 0.25) is 5.91 Å². The van der Waals surface area contributed by atoms with Crippen molar-refractivity contribution >= 4 is 36.5 Å². The number of aromatic nitrogens is 1. The molecular weight excluding hydrogens is 423 g/mol. The molecule has 1 aromatic rings. The van der Waals surface area contributed by atoms with Crippen molar-refractivity contribution in [2.75, 3.05) is 18.0 Å². The van der Waals surface area contributed by atoms with Crippen molar-refractivity contribution in [2.24, 2.45) is 23.5 Å². The first-order valence-electron chi connectivity index (χ1n) is 10.9. The molecule has 0 radical (unpaired) electrons. The second-order valence-electron chi connectivity index (χ2n) is 9.10. The van der Waals surface area contributed by atoms with Crippen molar-refractivity contribution in [2.45, 2.75) is 70.7 Å². The van der Waals surface area contributed by atoms with Crippen LogP contribution in [0, 0.1) is 17.8 Å². The van der Waals surface area contributed by atoms with E-state index in [9.17, 15) is 4.79 Å². The van der Waals surface area contributed by atoms with E-state index in [4.69, 9.17) is 10.5 Å². The van der Waals surface area contributed by atoms with Crippen LogP contribution < -0.4 is 16.0 Å². The summed E-state index contributed by atoms with van der Waals surface area (Å²) in [5, 5.41) is 3.13. The van der Waals surface area contributed by atoms with Crippen LogP contribution in [0.2, 0.25) is 0 Å². The number of morpholine rings is 1. The van der Waals surface area contributed by atoms with Gasteiger partial charge in [-0.25, -0.2) is 4.98 Å². The van der Waals surface area contributed by atoms with Gasteiger partial charge in [-0.05, 0) is 63.0 Å². The molecule has 4 atom stereocenters. The number of hydrogen-bond donors (Lipinski definition) is 2. The van der Waals surface area contributed by atoms with Crippen molar-refractivity contribution in [3.05, 3.63) is 23.9 Å². The predicted octanol–water partition coefficient (Wildman–Crippen LogP) is 3.31. The van der Waals surface area contributed by atoms with Crippen LogP contribution in [-0.2, 0) is 16.1 Å². The number of carbonyl (C=O) groups is 1. The number of pyridine rings is 1. The average molecular weight is 459 g/mol. The van der Waals surface area contributed by atoms with Crippen LogP contribution in [-0.4, -0.2) is 42.2 Å². The molecule has 1 amide bonds. The zero-order valence-electron chi connectivity index (χ0n) is 18.0. The maximum Gasteiger partial charge on any atom is 0.223 e. The Kier molecular flexibility index (Phi) is 9.22. The van der Waals surface area contributed by atoms with Gasteiger partial charge in [0.25, 0.3) is 0 Å². The van der Waals surface area contributed by atoms with Crippen molar-refractivity contribution in [3.8, 4) is 0 Å². The molecule has 2 heterocycles. The second kappa shape index (κ2) is 11.0. The van der Waals surface area contributed by atoms with Crippen LogP contribution in [0.1, 0.15) is 51.5 Å². The smallest absolute Gasteiger partial charge is 0.223 e. The van der Waals surface area contributed by atoms with E-state index >= 15 is 0 Å². The summed E-state index contributed by atoms with van der Waals surface area (Å²) in [6.07, 6.45) is 7.86. The Balaban J connectivity index is 0.00000160. The molecule has 4 rings (SSSR count). The highest BCUT2D eigenvalue weighted by molar-refractivity contribution is 5.85. The first-order chi connectivity index (χ1) is 13.5. The molecule has 8 heteroatoms. The van der Waals surface area contributed by atoms with E-state index in [2.05, 4.69) is 41.2 Å². The molecule has 1 aliphatic heterocycles. The van der Waals surface area contributed by atoms with Gasteiger partial charge in [-0.2, -0.15) is 0 Å². The van der Waals surface area contributed by atoms with E-state index in [1.807, 2.05) is 6.20 Å². The molecule has 0 aromatic carbocycles. The van der Waals surface area contributed by atoms with Gasteiger partial charge in [-0.3, -0.25) is 4.79 Å². The lowest BCUT2D eigenvalue weighted by molar-refractivity contribution is -0.128. The average Bonchev–Trinajstić information content (AvgIpc) is 2.65. The van der Waals surface area contributed by atoms with Gasteiger partial charge >= 0.3 is 0 Å². The summed E-state index contributed by atoms with van der Waals surface area (Å²) >= 11 is 0. The van der Waals surface area contributed by atoms with Crippen molar-refractivity contribution in [3.63, 3.8) is 0 Å². The minimum Gasteiger partial charge on any atom is -0.372 e. The first kappa shape index (κ1) is 25.2. The zero-order chi connectivity index (χ0) is 19.7. The fourth-order valence-corrected chi connectivity index (χ4v) is 5.41. The molecule has 2 bridgehead atoms. The van der Waals surface area contributed by atoms with Gasteiger partial charge < -0.3 is 20.7 Å². The number of ether oxygens (including phenoxy) is 1. The lowest BCUT2D eigenvalue weighted by atomic mass is 9.65. The first-order valence-corrected chi connectivity index (χ1v) is 10.9. The number of amides is 1. The van der Waals surface area contributed by atoms with E-state index in [0.717, 1.165) is 37.3 Å². The summed E-state index contributed by atoms with van der Waals surface area (Å²) in [4.78, 5) is 19.6. The topological polar surface area (TPSA) is 80.5 Å². The number of carbonyl (C=O) groups excluding carboxylic acids is 1. The van der Waals surface area contributed by atoms with Gasteiger partial charge in [0.15, 0.2) is 0 Å². The standard InChI is InChI=1S/C22H34N4O2.2ClH/c1-14-12-26(13-15(2)28-14)20-7-6-16(10-24-20)11-25-22(27)19-8-17-4-3-5-18(9-19)21(17)23;;/h6-7,10,14-15,17-19,21H,3-5,8-9,11-13,23H2,1-2H3,(H,25,27);2*1H. The Labute approximate surface area is 192 Å². The number of nitrogens with zero attached hydrogens (tertiary/aromatic N) is 2. The lowest BCUT2D eigenvalue weighted by Crippen LogP contribution is -2.49. The summed E-state index contributed by atoms with van der Waals surface area (Å²) in [5.41, 5.74) is 7.39. The monoisotopic (exact) mass is 458 g/mol. The summed E-state index contributed by atoms with van der Waals surface area (Å²) in [5.74, 6) is 2.35. The van der Waals surface area contributed by atoms with Crippen LogP contribution >= 0.6 is 24.8 Å². The third kappa shape index (κ3) is 5.78. The van der Waals surface area contributed by atoms with Gasteiger partial charge in [0, 0.05) is 37.8 Å². The largest absolute Gasteiger partial charge is 0.372 e. The van der Waals surface area contributed by atoms with Crippen LogP contribution in [0.25, 0.3) is 0 Å². The molecule has 2 aliphatic carbocycles. The minimum atomic E-state index is 0. The van der Waals surface area contributed by atoms with E-state index in [0.29, 0.717) is 24.4 Å². The van der Waals surface area contributed by atoms with Crippen molar-refractivity contribution < 1.29 is 9.53 Å². The predicted molar refractivity (Wildman–Crippen MR) is 124 cm³/mol. The Hall–Kier alpha value is -1.08. The molecule has 170 valence electrons. The molecule has 1 saturated heterocycles. The molecule has 4 unspecified atom stereocenters. The van der Waals surface area contributed by atoms with E-state index in [1.165, 1.54) is 19.3 Å². The molecule has 3 aliphatic rings. The van der Waals surface area contributed by atoms with Crippen LogP contribution in [0.15, 0.2) is 18.3 Å². The number of rotatable bonds is 4. The Morgan fingerprint density at radius 1 is 1.17 bits per heavy atom. The fraction of sp³-hybridized carbons (Fsp3) is 0.727.